The first kappa shape index (κ1) is 17.6. The first-order valence-corrected chi connectivity index (χ1v) is 8.50. The van der Waals surface area contributed by atoms with Crippen molar-refractivity contribution in [2.45, 2.75) is 19.8 Å². The van der Waals surface area contributed by atoms with Crippen LogP contribution in [0.1, 0.15) is 17.7 Å². The number of hydrogen-bond acceptors (Lipinski definition) is 5. The molecule has 2 aromatic rings. The largest absolute Gasteiger partial charge is 0.378 e. The van der Waals surface area contributed by atoms with Crippen molar-refractivity contribution < 1.29 is 9.53 Å². The molecule has 0 bridgehead atoms. The van der Waals surface area contributed by atoms with Gasteiger partial charge in [0.1, 0.15) is 5.69 Å². The molecule has 0 aliphatic carbocycles. The summed E-state index contributed by atoms with van der Waals surface area (Å²) in [6, 6.07) is 5.41. The Hall–Kier alpha value is -2.25. The molecule has 2 heterocycles. The first-order valence-electron chi connectivity index (χ1n) is 8.12. The number of amides is 1. The molecule has 25 heavy (non-hydrogen) atoms. The zero-order chi connectivity index (χ0) is 17.8. The highest BCUT2D eigenvalue weighted by Gasteiger charge is 2.17. The second-order valence-corrected chi connectivity index (χ2v) is 6.31. The molecule has 3 rings (SSSR count). The van der Waals surface area contributed by atoms with E-state index < -0.39 is 0 Å². The van der Waals surface area contributed by atoms with Crippen LogP contribution in [0.2, 0.25) is 5.02 Å². The van der Waals surface area contributed by atoms with E-state index in [-0.39, 0.29) is 30.0 Å². The Labute approximate surface area is 150 Å². The van der Waals surface area contributed by atoms with Crippen molar-refractivity contribution in [3.63, 3.8) is 0 Å². The quantitative estimate of drug-likeness (QED) is 0.892. The monoisotopic (exact) mass is 362 g/mol. The third kappa shape index (κ3) is 4.24. The lowest BCUT2D eigenvalue weighted by Gasteiger charge is -2.26. The molecule has 0 spiro atoms. The Kier molecular flexibility index (Phi) is 5.45. The lowest BCUT2D eigenvalue weighted by Crippen LogP contribution is -2.41. The number of hydrogen-bond donors (Lipinski definition) is 1. The van der Waals surface area contributed by atoms with Crippen molar-refractivity contribution in [3.8, 4) is 11.4 Å². The van der Waals surface area contributed by atoms with Crippen LogP contribution in [0.5, 0.6) is 0 Å². The number of carbonyl (C=O) groups excluding carboxylic acids is 1. The van der Waals surface area contributed by atoms with Crippen LogP contribution in [0.3, 0.4) is 0 Å². The van der Waals surface area contributed by atoms with Crippen LogP contribution in [-0.4, -0.2) is 52.3 Å². The molecule has 7 nitrogen and oxygen atoms in total. The average molecular weight is 363 g/mol. The van der Waals surface area contributed by atoms with Gasteiger partial charge in [0.25, 0.3) is 5.56 Å². The number of aryl methyl sites for hydroxylation is 2. The maximum Gasteiger partial charge on any atom is 0.273 e. The summed E-state index contributed by atoms with van der Waals surface area (Å²) in [6.45, 7) is 4.19. The third-order valence-corrected chi connectivity index (χ3v) is 4.56. The Morgan fingerprint density at radius 2 is 2.08 bits per heavy atom. The highest BCUT2D eigenvalue weighted by atomic mass is 35.5. The number of nitrogens with one attached hydrogen (secondary N) is 1. The summed E-state index contributed by atoms with van der Waals surface area (Å²) in [7, 11) is 0. The normalized spacial score (nSPS) is 14.6. The molecule has 1 fully saturated rings. The van der Waals surface area contributed by atoms with Crippen LogP contribution in [0.4, 0.5) is 0 Å². The number of aromatic amines is 1. The van der Waals surface area contributed by atoms with Crippen molar-refractivity contribution in [2.24, 2.45) is 0 Å². The number of carbonyl (C=O) groups is 1. The number of H-pyrrole nitrogens is 1. The maximum absolute atomic E-state index is 12.2. The number of rotatable bonds is 4. The number of nitrogens with zero attached hydrogens (tertiary/aromatic N) is 3. The smallest absolute Gasteiger partial charge is 0.273 e. The molecule has 1 amide bonds. The van der Waals surface area contributed by atoms with Gasteiger partial charge in [-0.25, -0.2) is 0 Å². The maximum atomic E-state index is 12.2. The summed E-state index contributed by atoms with van der Waals surface area (Å²) in [5.74, 6) is 0.356. The van der Waals surface area contributed by atoms with E-state index >= 15 is 0 Å². The average Bonchev–Trinajstić information content (AvgIpc) is 2.63. The number of aromatic nitrogens is 3. The van der Waals surface area contributed by atoms with Gasteiger partial charge in [-0.05, 0) is 18.6 Å². The van der Waals surface area contributed by atoms with Crippen molar-refractivity contribution in [2.75, 3.05) is 26.3 Å². The Balaban J connectivity index is 1.68. The summed E-state index contributed by atoms with van der Waals surface area (Å²) in [6.07, 6.45) is 0.487. The summed E-state index contributed by atoms with van der Waals surface area (Å²) < 4.78 is 5.22. The number of benzene rings is 1. The van der Waals surface area contributed by atoms with Crippen molar-refractivity contribution >= 4 is 17.5 Å². The van der Waals surface area contributed by atoms with Crippen LogP contribution < -0.4 is 5.56 Å². The number of halogens is 1. The zero-order valence-electron chi connectivity index (χ0n) is 13.9. The molecular weight excluding hydrogens is 344 g/mol. The van der Waals surface area contributed by atoms with Crippen LogP contribution >= 0.6 is 11.6 Å². The molecule has 1 N–H and O–H groups in total. The van der Waals surface area contributed by atoms with E-state index in [1.54, 1.807) is 11.0 Å². The van der Waals surface area contributed by atoms with E-state index in [9.17, 15) is 9.59 Å². The van der Waals surface area contributed by atoms with Gasteiger partial charge in [0.2, 0.25) is 5.91 Å². The minimum atomic E-state index is -0.337. The van der Waals surface area contributed by atoms with Gasteiger partial charge in [-0.15, -0.1) is 10.2 Å². The van der Waals surface area contributed by atoms with Gasteiger partial charge in [0.15, 0.2) is 5.82 Å². The summed E-state index contributed by atoms with van der Waals surface area (Å²) in [5, 5.41) is 8.65. The van der Waals surface area contributed by atoms with Crippen LogP contribution in [0.25, 0.3) is 11.4 Å². The Bertz CT molecular complexity index is 831. The van der Waals surface area contributed by atoms with Crippen molar-refractivity contribution in [1.82, 2.24) is 20.1 Å². The van der Waals surface area contributed by atoms with Gasteiger partial charge in [0, 0.05) is 36.5 Å². The third-order valence-electron chi connectivity index (χ3n) is 4.15. The van der Waals surface area contributed by atoms with E-state index in [0.717, 1.165) is 5.56 Å². The molecule has 1 saturated heterocycles. The van der Waals surface area contributed by atoms with Gasteiger partial charge in [-0.1, -0.05) is 23.7 Å². The fraction of sp³-hybridized carbons (Fsp3) is 0.412. The molecule has 0 radical (unpaired) electrons. The highest BCUT2D eigenvalue weighted by molar-refractivity contribution is 6.31. The lowest BCUT2D eigenvalue weighted by molar-refractivity contribution is -0.135. The van der Waals surface area contributed by atoms with Crippen molar-refractivity contribution in [3.05, 3.63) is 44.8 Å². The van der Waals surface area contributed by atoms with E-state index in [0.29, 0.717) is 42.7 Å². The molecule has 0 unspecified atom stereocenters. The highest BCUT2D eigenvalue weighted by Crippen LogP contribution is 2.21. The van der Waals surface area contributed by atoms with E-state index in [4.69, 9.17) is 16.3 Å². The van der Waals surface area contributed by atoms with Gasteiger partial charge in [0.05, 0.1) is 13.2 Å². The van der Waals surface area contributed by atoms with Gasteiger partial charge < -0.3 is 14.6 Å². The predicted octanol–water partition coefficient (Wildman–Crippen LogP) is 1.59. The molecule has 1 aromatic carbocycles. The fourth-order valence-corrected chi connectivity index (χ4v) is 2.77. The topological polar surface area (TPSA) is 88.2 Å². The minimum Gasteiger partial charge on any atom is -0.378 e. The molecule has 0 saturated carbocycles. The van der Waals surface area contributed by atoms with Gasteiger partial charge >= 0.3 is 0 Å². The van der Waals surface area contributed by atoms with Gasteiger partial charge in [-0.2, -0.15) is 0 Å². The van der Waals surface area contributed by atoms with Crippen LogP contribution in [-0.2, 0) is 16.0 Å². The second-order valence-electron chi connectivity index (χ2n) is 5.91. The SMILES string of the molecule is Cc1ccc(-c2nnc(CCC(=O)N3CCOCC3)c(=O)[nH]2)cc1Cl. The summed E-state index contributed by atoms with van der Waals surface area (Å²) in [5.41, 5.74) is 1.55. The Morgan fingerprint density at radius 3 is 2.76 bits per heavy atom. The zero-order valence-corrected chi connectivity index (χ0v) is 14.7. The van der Waals surface area contributed by atoms with Crippen LogP contribution in [0, 0.1) is 6.92 Å². The molecule has 1 aromatic heterocycles. The number of ether oxygens (including phenoxy) is 1. The summed E-state index contributed by atoms with van der Waals surface area (Å²) in [4.78, 5) is 28.8. The number of morpholine rings is 1. The second kappa shape index (κ2) is 7.76. The van der Waals surface area contributed by atoms with E-state index in [1.165, 1.54) is 0 Å². The molecule has 1 aliphatic rings. The standard InChI is InChI=1S/C17H19ClN4O3/c1-11-2-3-12(10-13(11)18)16-19-17(24)14(20-21-16)4-5-15(23)22-6-8-25-9-7-22/h2-3,10H,4-9H2,1H3,(H,19,21,24). The van der Waals surface area contributed by atoms with E-state index in [2.05, 4.69) is 15.2 Å². The predicted molar refractivity (Wildman–Crippen MR) is 93.6 cm³/mol. The van der Waals surface area contributed by atoms with Gasteiger partial charge in [-0.3, -0.25) is 9.59 Å². The molecule has 8 heteroatoms. The fourth-order valence-electron chi connectivity index (χ4n) is 2.59. The lowest BCUT2D eigenvalue weighted by atomic mass is 10.1. The molecular formula is C17H19ClN4O3. The minimum absolute atomic E-state index is 0.00103. The Morgan fingerprint density at radius 1 is 1.32 bits per heavy atom. The van der Waals surface area contributed by atoms with E-state index in [1.807, 2.05) is 19.1 Å². The van der Waals surface area contributed by atoms with Crippen molar-refractivity contribution in [1.29, 1.82) is 0 Å². The molecule has 132 valence electrons. The molecule has 0 atom stereocenters. The van der Waals surface area contributed by atoms with Crippen LogP contribution in [0.15, 0.2) is 23.0 Å². The summed E-state index contributed by atoms with van der Waals surface area (Å²) >= 11 is 6.10. The molecule has 1 aliphatic heterocycles. The first-order chi connectivity index (χ1) is 12.0.